The second-order valence-electron chi connectivity index (χ2n) is 5.03. The van der Waals surface area contributed by atoms with E-state index in [4.69, 9.17) is 0 Å². The van der Waals surface area contributed by atoms with Crippen molar-refractivity contribution in [3.63, 3.8) is 0 Å². The van der Waals surface area contributed by atoms with Crippen LogP contribution in [0.2, 0.25) is 0 Å². The normalized spacial score (nSPS) is 19.5. The van der Waals surface area contributed by atoms with Crippen LogP contribution in [0.5, 0.6) is 0 Å². The highest BCUT2D eigenvalue weighted by Gasteiger charge is 2.25. The monoisotopic (exact) mass is 221 g/mol. The second kappa shape index (κ2) is 4.54. The molecule has 2 rings (SSSR count). The van der Waals surface area contributed by atoms with Crippen LogP contribution in [0.1, 0.15) is 43.7 Å². The zero-order chi connectivity index (χ0) is 11.7. The third kappa shape index (κ3) is 2.62. The number of aryl methyl sites for hydroxylation is 1. The summed E-state index contributed by atoms with van der Waals surface area (Å²) in [4.78, 5) is 0. The summed E-state index contributed by atoms with van der Waals surface area (Å²) in [6.07, 6.45) is 2.58. The molecule has 1 aliphatic rings. The molecule has 0 aromatic heterocycles. The molecule has 2 heteroatoms. The standard InChI is InChI=1S/C14H20FN/c1-9-4-5-12(8-14(9)15)10(2)11(3)16-13-6-7-13/h4-5,8,10-11,13,16H,6-7H2,1-3H3. The molecule has 0 spiro atoms. The quantitative estimate of drug-likeness (QED) is 0.822. The largest absolute Gasteiger partial charge is 0.311 e. The van der Waals surface area contributed by atoms with E-state index in [1.807, 2.05) is 12.1 Å². The lowest BCUT2D eigenvalue weighted by molar-refractivity contribution is 0.476. The van der Waals surface area contributed by atoms with Crippen LogP contribution in [0.15, 0.2) is 18.2 Å². The summed E-state index contributed by atoms with van der Waals surface area (Å²) < 4.78 is 13.5. The molecule has 16 heavy (non-hydrogen) atoms. The van der Waals surface area contributed by atoms with Crippen molar-refractivity contribution in [2.24, 2.45) is 0 Å². The number of rotatable bonds is 4. The van der Waals surface area contributed by atoms with Crippen LogP contribution in [0, 0.1) is 12.7 Å². The van der Waals surface area contributed by atoms with Gasteiger partial charge in [0.25, 0.3) is 0 Å². The van der Waals surface area contributed by atoms with Gasteiger partial charge >= 0.3 is 0 Å². The number of benzene rings is 1. The zero-order valence-electron chi connectivity index (χ0n) is 10.3. The van der Waals surface area contributed by atoms with E-state index in [9.17, 15) is 4.39 Å². The maximum absolute atomic E-state index is 13.5. The van der Waals surface area contributed by atoms with Crippen molar-refractivity contribution >= 4 is 0 Å². The lowest BCUT2D eigenvalue weighted by Crippen LogP contribution is -2.32. The highest BCUT2D eigenvalue weighted by molar-refractivity contribution is 5.26. The Morgan fingerprint density at radius 1 is 1.31 bits per heavy atom. The molecule has 0 heterocycles. The number of nitrogens with one attached hydrogen (secondary N) is 1. The Hall–Kier alpha value is -0.890. The van der Waals surface area contributed by atoms with E-state index in [1.54, 1.807) is 13.0 Å². The Kier molecular flexibility index (Phi) is 3.29. The molecule has 2 atom stereocenters. The lowest BCUT2D eigenvalue weighted by atomic mass is 9.93. The van der Waals surface area contributed by atoms with E-state index < -0.39 is 0 Å². The first-order chi connectivity index (χ1) is 7.58. The fourth-order valence-corrected chi connectivity index (χ4v) is 1.95. The molecule has 0 radical (unpaired) electrons. The minimum absolute atomic E-state index is 0.0945. The van der Waals surface area contributed by atoms with Gasteiger partial charge in [-0.15, -0.1) is 0 Å². The average Bonchev–Trinajstić information content (AvgIpc) is 3.05. The van der Waals surface area contributed by atoms with E-state index in [-0.39, 0.29) is 5.82 Å². The second-order valence-corrected chi connectivity index (χ2v) is 5.03. The minimum Gasteiger partial charge on any atom is -0.311 e. The predicted molar refractivity (Wildman–Crippen MR) is 65.2 cm³/mol. The first kappa shape index (κ1) is 11.6. The maximum atomic E-state index is 13.5. The molecule has 1 nitrogen and oxygen atoms in total. The molecule has 1 aromatic carbocycles. The third-order valence-electron chi connectivity index (χ3n) is 3.55. The van der Waals surface area contributed by atoms with Crippen molar-refractivity contribution in [3.8, 4) is 0 Å². The van der Waals surface area contributed by atoms with Crippen molar-refractivity contribution in [3.05, 3.63) is 35.1 Å². The maximum Gasteiger partial charge on any atom is 0.126 e. The predicted octanol–water partition coefficient (Wildman–Crippen LogP) is 3.38. The molecular weight excluding hydrogens is 201 g/mol. The van der Waals surface area contributed by atoms with Crippen LogP contribution in [0.3, 0.4) is 0 Å². The minimum atomic E-state index is -0.0945. The van der Waals surface area contributed by atoms with Gasteiger partial charge in [0, 0.05) is 12.1 Å². The van der Waals surface area contributed by atoms with Crippen molar-refractivity contribution < 1.29 is 4.39 Å². The Bertz CT molecular complexity index is 371. The number of hydrogen-bond donors (Lipinski definition) is 1. The molecule has 2 unspecified atom stereocenters. The van der Waals surface area contributed by atoms with Crippen LogP contribution in [-0.4, -0.2) is 12.1 Å². The average molecular weight is 221 g/mol. The molecule has 1 saturated carbocycles. The fraction of sp³-hybridized carbons (Fsp3) is 0.571. The molecule has 0 aliphatic heterocycles. The Morgan fingerprint density at radius 2 is 2.00 bits per heavy atom. The van der Waals surface area contributed by atoms with Crippen molar-refractivity contribution in [1.29, 1.82) is 0 Å². The Morgan fingerprint density at radius 3 is 2.56 bits per heavy atom. The van der Waals surface area contributed by atoms with Crippen molar-refractivity contribution in [2.45, 2.75) is 51.6 Å². The van der Waals surface area contributed by atoms with E-state index in [0.29, 0.717) is 18.0 Å². The Labute approximate surface area is 97.1 Å². The summed E-state index contributed by atoms with van der Waals surface area (Å²) in [6.45, 7) is 6.14. The zero-order valence-corrected chi connectivity index (χ0v) is 10.3. The van der Waals surface area contributed by atoms with Crippen LogP contribution in [0.4, 0.5) is 4.39 Å². The van der Waals surface area contributed by atoms with E-state index in [0.717, 1.165) is 11.1 Å². The highest BCUT2D eigenvalue weighted by atomic mass is 19.1. The van der Waals surface area contributed by atoms with E-state index in [2.05, 4.69) is 19.2 Å². The fourth-order valence-electron chi connectivity index (χ4n) is 1.95. The molecular formula is C14H20FN. The first-order valence-corrected chi connectivity index (χ1v) is 6.10. The van der Waals surface area contributed by atoms with Gasteiger partial charge in [-0.3, -0.25) is 0 Å². The molecule has 1 aromatic rings. The number of hydrogen-bond acceptors (Lipinski definition) is 1. The van der Waals surface area contributed by atoms with Crippen molar-refractivity contribution in [1.82, 2.24) is 5.32 Å². The molecule has 88 valence electrons. The van der Waals surface area contributed by atoms with Gasteiger partial charge < -0.3 is 5.32 Å². The van der Waals surface area contributed by atoms with Gasteiger partial charge in [0.05, 0.1) is 0 Å². The third-order valence-corrected chi connectivity index (χ3v) is 3.55. The summed E-state index contributed by atoms with van der Waals surface area (Å²) in [5, 5.41) is 3.56. The smallest absolute Gasteiger partial charge is 0.126 e. The van der Waals surface area contributed by atoms with Gasteiger partial charge in [0.15, 0.2) is 0 Å². The van der Waals surface area contributed by atoms with Gasteiger partial charge in [-0.05, 0) is 49.8 Å². The Balaban J connectivity index is 2.06. The van der Waals surface area contributed by atoms with Gasteiger partial charge in [-0.2, -0.15) is 0 Å². The van der Waals surface area contributed by atoms with Crippen LogP contribution in [-0.2, 0) is 0 Å². The molecule has 1 fully saturated rings. The summed E-state index contributed by atoms with van der Waals surface area (Å²) in [6, 6.07) is 6.69. The van der Waals surface area contributed by atoms with E-state index in [1.165, 1.54) is 12.8 Å². The molecule has 1 aliphatic carbocycles. The van der Waals surface area contributed by atoms with Gasteiger partial charge in [0.2, 0.25) is 0 Å². The first-order valence-electron chi connectivity index (χ1n) is 6.10. The number of halogens is 1. The summed E-state index contributed by atoms with van der Waals surface area (Å²) >= 11 is 0. The lowest BCUT2D eigenvalue weighted by Gasteiger charge is -2.22. The van der Waals surface area contributed by atoms with E-state index >= 15 is 0 Å². The van der Waals surface area contributed by atoms with Crippen molar-refractivity contribution in [2.75, 3.05) is 0 Å². The highest BCUT2D eigenvalue weighted by Crippen LogP contribution is 2.25. The van der Waals surface area contributed by atoms with Crippen LogP contribution >= 0.6 is 0 Å². The molecule has 0 amide bonds. The van der Waals surface area contributed by atoms with Crippen LogP contribution < -0.4 is 5.32 Å². The SMILES string of the molecule is Cc1ccc(C(C)C(C)NC2CC2)cc1F. The van der Waals surface area contributed by atoms with Crippen LogP contribution in [0.25, 0.3) is 0 Å². The van der Waals surface area contributed by atoms with Gasteiger partial charge in [-0.1, -0.05) is 19.1 Å². The summed E-state index contributed by atoms with van der Waals surface area (Å²) in [5.41, 5.74) is 1.81. The summed E-state index contributed by atoms with van der Waals surface area (Å²) in [7, 11) is 0. The van der Waals surface area contributed by atoms with Gasteiger partial charge in [-0.25, -0.2) is 4.39 Å². The summed E-state index contributed by atoms with van der Waals surface area (Å²) in [5.74, 6) is 0.263. The van der Waals surface area contributed by atoms with Gasteiger partial charge in [0.1, 0.15) is 5.82 Å². The topological polar surface area (TPSA) is 12.0 Å². The molecule has 0 saturated heterocycles. The molecule has 1 N–H and O–H groups in total. The molecule has 0 bridgehead atoms.